The molecule has 4 N–H and O–H groups in total. The van der Waals surface area contributed by atoms with Crippen LogP contribution in [0.15, 0.2) is 39.8 Å². The van der Waals surface area contributed by atoms with Gasteiger partial charge in [0.25, 0.3) is 5.56 Å². The van der Waals surface area contributed by atoms with Crippen molar-refractivity contribution < 1.29 is 4.79 Å². The molecular weight excluding hydrogens is 458 g/mol. The van der Waals surface area contributed by atoms with E-state index in [0.29, 0.717) is 39.9 Å². The lowest BCUT2D eigenvalue weighted by Crippen LogP contribution is -2.45. The van der Waals surface area contributed by atoms with Gasteiger partial charge in [-0.2, -0.15) is 4.98 Å². The minimum atomic E-state index is -0.272. The first-order valence-corrected chi connectivity index (χ1v) is 12.4. The summed E-state index contributed by atoms with van der Waals surface area (Å²) in [6.07, 6.45) is 10.7. The molecule has 1 saturated carbocycles. The number of Topliss-reactive ketones (excluding diaryl/α,β-unsaturated/α-hetero) is 1. The van der Waals surface area contributed by atoms with Crippen molar-refractivity contribution in [1.82, 2.24) is 30.1 Å². The number of piperazine rings is 1. The van der Waals surface area contributed by atoms with E-state index in [-0.39, 0.29) is 22.9 Å². The van der Waals surface area contributed by atoms with Gasteiger partial charge in [0.15, 0.2) is 5.78 Å². The Hall–Kier alpha value is -3.86. The number of carbonyl (C=O) groups is 1. The van der Waals surface area contributed by atoms with Gasteiger partial charge in [-0.25, -0.2) is 9.98 Å². The molecule has 36 heavy (non-hydrogen) atoms. The second kappa shape index (κ2) is 10.0. The standard InChI is InChI=1S/C25H31N9O2/c1-15-19-14-30-25(32-23(19)34(18-5-3-4-6-18)24(36)22(15)16(2)35)31-17-12-28-21(29-13-17)11-20(26)33-9-7-27-8-10-33/h11-14,18,26-28H,3-10H2,1-2H3,(H,30,31,32)/b21-11+,26-20?. The number of aryl methyl sites for hydroxylation is 1. The molecule has 0 aromatic carbocycles. The molecule has 4 heterocycles. The smallest absolute Gasteiger partial charge is 0.263 e. The van der Waals surface area contributed by atoms with Crippen LogP contribution in [0.1, 0.15) is 54.6 Å². The zero-order valence-corrected chi connectivity index (χ0v) is 20.6. The van der Waals surface area contributed by atoms with E-state index in [1.165, 1.54) is 6.92 Å². The fraction of sp³-hybridized carbons (Fsp3) is 0.440. The predicted molar refractivity (Wildman–Crippen MR) is 140 cm³/mol. The molecule has 2 aromatic heterocycles. The molecule has 3 aliphatic rings. The average Bonchev–Trinajstić information content (AvgIpc) is 3.40. The number of fused-ring (bicyclic) bond motifs is 1. The summed E-state index contributed by atoms with van der Waals surface area (Å²) in [5.74, 6) is 1.09. The molecule has 1 aliphatic carbocycles. The van der Waals surface area contributed by atoms with Crippen LogP contribution in [0.2, 0.25) is 0 Å². The number of pyridine rings is 1. The number of amidine groups is 1. The van der Waals surface area contributed by atoms with Crippen LogP contribution < -0.4 is 21.5 Å². The van der Waals surface area contributed by atoms with Gasteiger partial charge in [-0.05, 0) is 32.3 Å². The fourth-order valence-electron chi connectivity index (χ4n) is 5.08. The first-order valence-electron chi connectivity index (χ1n) is 12.4. The second-order valence-electron chi connectivity index (χ2n) is 9.38. The van der Waals surface area contributed by atoms with Gasteiger partial charge < -0.3 is 20.9 Å². The van der Waals surface area contributed by atoms with Crippen LogP contribution >= 0.6 is 0 Å². The Bertz CT molecular complexity index is 1360. The molecule has 0 unspecified atom stereocenters. The number of rotatable bonds is 5. The summed E-state index contributed by atoms with van der Waals surface area (Å²) in [4.78, 5) is 41.2. The fourth-order valence-corrected chi connectivity index (χ4v) is 5.08. The summed E-state index contributed by atoms with van der Waals surface area (Å²) in [5.41, 5.74) is 1.75. The summed E-state index contributed by atoms with van der Waals surface area (Å²) >= 11 is 0. The molecular formula is C25H31N9O2. The summed E-state index contributed by atoms with van der Waals surface area (Å²) in [5, 5.41) is 18.5. The lowest BCUT2D eigenvalue weighted by Gasteiger charge is -2.28. The Morgan fingerprint density at radius 1 is 1.25 bits per heavy atom. The van der Waals surface area contributed by atoms with Gasteiger partial charge in [0.05, 0.1) is 17.5 Å². The van der Waals surface area contributed by atoms with E-state index in [1.807, 2.05) is 4.90 Å². The maximum Gasteiger partial charge on any atom is 0.263 e. The number of aromatic nitrogens is 3. The molecule has 11 heteroatoms. The van der Waals surface area contributed by atoms with Gasteiger partial charge in [0.2, 0.25) is 5.95 Å². The quantitative estimate of drug-likeness (QED) is 0.284. The number of hydrogen-bond donors (Lipinski definition) is 4. The molecule has 5 rings (SSSR count). The monoisotopic (exact) mass is 489 g/mol. The third kappa shape index (κ3) is 4.66. The minimum absolute atomic E-state index is 0.0253. The van der Waals surface area contributed by atoms with Crippen molar-refractivity contribution in [3.8, 4) is 0 Å². The normalized spacial score (nSPS) is 19.4. The lowest BCUT2D eigenvalue weighted by molar-refractivity contribution is 0.101. The maximum absolute atomic E-state index is 13.4. The number of nitrogens with one attached hydrogen (secondary N) is 4. The van der Waals surface area contributed by atoms with Crippen LogP contribution in [-0.4, -0.2) is 63.4 Å². The first-order chi connectivity index (χ1) is 17.4. The SMILES string of the molecule is CC(=O)c1c(C)c2cnc(NC3=CN/C(=C\C(=N)N4CCNCC4)N=C3)nc2n(C2CCCC2)c1=O. The van der Waals surface area contributed by atoms with Crippen molar-refractivity contribution in [3.05, 3.63) is 51.5 Å². The summed E-state index contributed by atoms with van der Waals surface area (Å²) in [6, 6.07) is 0.0253. The van der Waals surface area contributed by atoms with E-state index < -0.39 is 0 Å². The highest BCUT2D eigenvalue weighted by atomic mass is 16.1. The van der Waals surface area contributed by atoms with Crippen LogP contribution in [0.5, 0.6) is 0 Å². The number of aliphatic imine (C=N–C) groups is 1. The number of anilines is 1. The van der Waals surface area contributed by atoms with Gasteiger partial charge in [-0.1, -0.05) is 12.8 Å². The van der Waals surface area contributed by atoms with Crippen molar-refractivity contribution in [2.45, 2.75) is 45.6 Å². The van der Waals surface area contributed by atoms with Crippen LogP contribution in [0.25, 0.3) is 11.0 Å². The Kier molecular flexibility index (Phi) is 6.64. The van der Waals surface area contributed by atoms with E-state index in [4.69, 9.17) is 10.4 Å². The third-order valence-electron chi connectivity index (χ3n) is 6.96. The van der Waals surface area contributed by atoms with Crippen LogP contribution in [0, 0.1) is 12.3 Å². The maximum atomic E-state index is 13.4. The highest BCUT2D eigenvalue weighted by molar-refractivity contribution is 5.99. The molecule has 0 radical (unpaired) electrons. The molecule has 188 valence electrons. The molecule has 2 aliphatic heterocycles. The van der Waals surface area contributed by atoms with E-state index >= 15 is 0 Å². The van der Waals surface area contributed by atoms with Gasteiger partial charge in [0.1, 0.15) is 17.3 Å². The first kappa shape index (κ1) is 23.9. The van der Waals surface area contributed by atoms with Crippen molar-refractivity contribution in [3.63, 3.8) is 0 Å². The molecule has 11 nitrogen and oxygen atoms in total. The second-order valence-corrected chi connectivity index (χ2v) is 9.38. The minimum Gasteiger partial charge on any atom is -0.354 e. The number of carbonyl (C=O) groups excluding carboxylic acids is 1. The van der Waals surface area contributed by atoms with Gasteiger partial charge in [0, 0.05) is 56.1 Å². The zero-order valence-electron chi connectivity index (χ0n) is 20.6. The van der Waals surface area contributed by atoms with Crippen LogP contribution in [0.3, 0.4) is 0 Å². The predicted octanol–water partition coefficient (Wildman–Crippen LogP) is 2.07. The largest absolute Gasteiger partial charge is 0.354 e. The Balaban J connectivity index is 1.40. The molecule has 0 bridgehead atoms. The Morgan fingerprint density at radius 3 is 2.67 bits per heavy atom. The van der Waals surface area contributed by atoms with E-state index in [2.05, 4.69) is 25.9 Å². The van der Waals surface area contributed by atoms with E-state index in [1.54, 1.807) is 36.2 Å². The highest BCUT2D eigenvalue weighted by Gasteiger charge is 2.26. The number of ketones is 1. The van der Waals surface area contributed by atoms with Crippen LogP contribution in [-0.2, 0) is 0 Å². The van der Waals surface area contributed by atoms with Gasteiger partial charge in [-0.3, -0.25) is 19.6 Å². The van der Waals surface area contributed by atoms with Crippen molar-refractivity contribution in [2.75, 3.05) is 31.5 Å². The van der Waals surface area contributed by atoms with E-state index in [9.17, 15) is 9.59 Å². The van der Waals surface area contributed by atoms with Crippen LogP contribution in [0.4, 0.5) is 5.95 Å². The summed E-state index contributed by atoms with van der Waals surface area (Å²) in [7, 11) is 0. The lowest BCUT2D eigenvalue weighted by atomic mass is 10.0. The van der Waals surface area contributed by atoms with Crippen molar-refractivity contribution >= 4 is 34.8 Å². The summed E-state index contributed by atoms with van der Waals surface area (Å²) in [6.45, 7) is 6.54. The van der Waals surface area contributed by atoms with Gasteiger partial charge in [-0.15, -0.1) is 0 Å². The molecule has 2 aromatic rings. The third-order valence-corrected chi connectivity index (χ3v) is 6.96. The van der Waals surface area contributed by atoms with E-state index in [0.717, 1.165) is 51.9 Å². The van der Waals surface area contributed by atoms with Crippen molar-refractivity contribution in [2.24, 2.45) is 4.99 Å². The molecule has 0 amide bonds. The number of nitrogens with zero attached hydrogens (tertiary/aromatic N) is 5. The molecule has 1 saturated heterocycles. The van der Waals surface area contributed by atoms with Gasteiger partial charge >= 0.3 is 0 Å². The molecule has 0 spiro atoms. The number of hydrogen-bond acceptors (Lipinski definition) is 9. The molecule has 0 atom stereocenters. The average molecular weight is 490 g/mol. The summed E-state index contributed by atoms with van der Waals surface area (Å²) < 4.78 is 1.70. The molecule has 2 fully saturated rings. The number of allylic oxidation sites excluding steroid dienone is 1. The topological polar surface area (TPSA) is 140 Å². The zero-order chi connectivity index (χ0) is 25.2. The van der Waals surface area contributed by atoms with Crippen molar-refractivity contribution in [1.29, 1.82) is 5.41 Å². The Labute approximate surface area is 208 Å². The highest BCUT2D eigenvalue weighted by Crippen LogP contribution is 2.31. The Morgan fingerprint density at radius 2 is 2.00 bits per heavy atom.